The third kappa shape index (κ3) is 4.22. The Bertz CT molecular complexity index is 639. The molecule has 0 saturated carbocycles. The molecular formula is C17H18O6Si. The summed E-state index contributed by atoms with van der Waals surface area (Å²) in [6.07, 6.45) is 22.1. The molecule has 7 heteroatoms. The summed E-state index contributed by atoms with van der Waals surface area (Å²) in [5, 5.41) is 0. The Morgan fingerprint density at radius 3 is 1.79 bits per heavy atom. The van der Waals surface area contributed by atoms with E-state index in [1.54, 1.807) is 6.07 Å². The van der Waals surface area contributed by atoms with Gasteiger partial charge in [0, 0.05) is 0 Å². The summed E-state index contributed by atoms with van der Waals surface area (Å²) in [5.74, 6) is 1.53. The van der Waals surface area contributed by atoms with Gasteiger partial charge in [0.2, 0.25) is 5.75 Å². The number of hydrogen-bond donors (Lipinski definition) is 0. The van der Waals surface area contributed by atoms with E-state index in [1.165, 1.54) is 21.3 Å². The van der Waals surface area contributed by atoms with Gasteiger partial charge >= 0.3 is 8.80 Å². The highest BCUT2D eigenvalue weighted by molar-refractivity contribution is 6.61. The lowest BCUT2D eigenvalue weighted by atomic mass is 10.1. The molecule has 0 aliphatic carbocycles. The smallest absolute Gasteiger partial charge is 0.493 e. The average molecular weight is 346 g/mol. The number of ether oxygens (including phenoxy) is 3. The lowest BCUT2D eigenvalue weighted by Crippen LogP contribution is -2.42. The monoisotopic (exact) mass is 346 g/mol. The van der Waals surface area contributed by atoms with Gasteiger partial charge in [0.05, 0.1) is 45.7 Å². The largest absolute Gasteiger partial charge is 0.725 e. The van der Waals surface area contributed by atoms with Crippen molar-refractivity contribution in [2.45, 2.75) is 12.5 Å². The van der Waals surface area contributed by atoms with Crippen LogP contribution in [0.4, 0.5) is 0 Å². The third-order valence-corrected chi connectivity index (χ3v) is 5.28. The van der Waals surface area contributed by atoms with E-state index in [-0.39, 0.29) is 6.04 Å². The number of methoxy groups -OCH3 is 3. The summed E-state index contributed by atoms with van der Waals surface area (Å²) in [7, 11) is 1.19. The lowest BCUT2D eigenvalue weighted by molar-refractivity contribution is 0.212. The number of hydrogen-bond acceptors (Lipinski definition) is 6. The van der Waals surface area contributed by atoms with Crippen LogP contribution in [-0.2, 0) is 19.7 Å². The van der Waals surface area contributed by atoms with E-state index < -0.39 is 8.80 Å². The molecule has 0 aromatic heterocycles. The quantitative estimate of drug-likeness (QED) is 0.504. The van der Waals surface area contributed by atoms with E-state index in [2.05, 4.69) is 0 Å². The van der Waals surface area contributed by atoms with Gasteiger partial charge in [0.25, 0.3) is 0 Å². The van der Waals surface area contributed by atoms with Crippen LogP contribution in [0.3, 0.4) is 0 Å². The minimum absolute atomic E-state index is 0.247. The summed E-state index contributed by atoms with van der Waals surface area (Å²) in [6.45, 7) is 0. The van der Waals surface area contributed by atoms with E-state index in [0.717, 1.165) is 5.56 Å². The van der Waals surface area contributed by atoms with Crippen LogP contribution < -0.4 is 14.2 Å². The Labute approximate surface area is 143 Å². The fraction of sp³-hybridized carbons (Fsp3) is 0.294. The van der Waals surface area contributed by atoms with E-state index in [0.29, 0.717) is 23.7 Å². The highest BCUT2D eigenvalue weighted by Crippen LogP contribution is 2.40. The first-order chi connectivity index (χ1) is 11.6. The molecule has 0 unspecified atom stereocenters. The number of benzene rings is 1. The van der Waals surface area contributed by atoms with Crippen LogP contribution in [0, 0.1) is 37.6 Å². The molecule has 0 saturated heterocycles. The fourth-order valence-corrected chi connectivity index (χ4v) is 3.68. The van der Waals surface area contributed by atoms with Gasteiger partial charge in [-0.15, -0.1) is 0 Å². The number of terminal acetylenes is 3. The van der Waals surface area contributed by atoms with Gasteiger partial charge in [-0.3, -0.25) is 0 Å². The summed E-state index contributed by atoms with van der Waals surface area (Å²) in [6, 6.07) is 3.82. The molecule has 0 atom stereocenters. The zero-order valence-corrected chi connectivity index (χ0v) is 14.8. The highest BCUT2D eigenvalue weighted by atomic mass is 28.4. The van der Waals surface area contributed by atoms with Crippen LogP contribution in [0.5, 0.6) is 17.2 Å². The first-order valence-electron chi connectivity index (χ1n) is 6.80. The molecule has 0 heterocycles. The Morgan fingerprint density at radius 1 is 0.833 bits per heavy atom. The number of rotatable bonds is 9. The molecule has 24 heavy (non-hydrogen) atoms. The van der Waals surface area contributed by atoms with Gasteiger partial charge in [-0.05, 0) is 18.1 Å². The van der Waals surface area contributed by atoms with Crippen molar-refractivity contribution < 1.29 is 27.5 Å². The predicted octanol–water partition coefficient (Wildman–Crippen LogP) is 2.02. The standard InChI is InChI=1S/C17H18O6Si/c1-7-21-24(22-8-2,23-9-3)13-12-14-10-11-15(18-4)17(20-6)16(14)19-5/h1-3,10-11H,12-13H2,4-6H3. The molecular weight excluding hydrogens is 328 g/mol. The zero-order valence-electron chi connectivity index (χ0n) is 13.8. The molecule has 0 fully saturated rings. The van der Waals surface area contributed by atoms with Crippen molar-refractivity contribution in [3.8, 4) is 54.8 Å². The van der Waals surface area contributed by atoms with E-state index in [1.807, 2.05) is 24.4 Å². The van der Waals surface area contributed by atoms with Crippen LogP contribution in [0.2, 0.25) is 6.04 Å². The minimum atomic E-state index is -3.40. The Hall–Kier alpha value is -3.08. The molecule has 0 aliphatic rings. The summed E-state index contributed by atoms with van der Waals surface area (Å²) < 4.78 is 31.5. The topological polar surface area (TPSA) is 55.4 Å². The van der Waals surface area contributed by atoms with Crippen LogP contribution in [0.1, 0.15) is 5.56 Å². The van der Waals surface area contributed by atoms with E-state index in [4.69, 9.17) is 46.8 Å². The normalized spacial score (nSPS) is 9.67. The van der Waals surface area contributed by atoms with Crippen molar-refractivity contribution >= 4 is 8.80 Å². The molecule has 0 amide bonds. The summed E-state index contributed by atoms with van der Waals surface area (Å²) in [5.41, 5.74) is 0.800. The van der Waals surface area contributed by atoms with Crippen molar-refractivity contribution in [3.05, 3.63) is 17.7 Å². The van der Waals surface area contributed by atoms with Crippen molar-refractivity contribution in [1.29, 1.82) is 0 Å². The molecule has 0 bridgehead atoms. The van der Waals surface area contributed by atoms with Crippen molar-refractivity contribution in [2.24, 2.45) is 0 Å². The Morgan fingerprint density at radius 2 is 1.38 bits per heavy atom. The van der Waals surface area contributed by atoms with Crippen LogP contribution in [0.25, 0.3) is 0 Å². The molecule has 6 nitrogen and oxygen atoms in total. The second-order valence-electron chi connectivity index (χ2n) is 4.34. The average Bonchev–Trinajstić information content (AvgIpc) is 2.59. The maximum atomic E-state index is 5.42. The van der Waals surface area contributed by atoms with Gasteiger partial charge in [0.15, 0.2) is 11.5 Å². The lowest BCUT2D eigenvalue weighted by Gasteiger charge is -2.22. The van der Waals surface area contributed by atoms with Gasteiger partial charge in [-0.25, -0.2) is 0 Å². The summed E-state index contributed by atoms with van der Waals surface area (Å²) >= 11 is 0. The van der Waals surface area contributed by atoms with E-state index in [9.17, 15) is 0 Å². The predicted molar refractivity (Wildman–Crippen MR) is 90.1 cm³/mol. The number of aryl methyl sites for hydroxylation is 1. The molecule has 126 valence electrons. The Kier molecular flexibility index (Phi) is 7.23. The molecule has 0 spiro atoms. The van der Waals surface area contributed by atoms with Gasteiger partial charge in [0.1, 0.15) is 0 Å². The first-order valence-corrected chi connectivity index (χ1v) is 8.73. The second-order valence-corrected chi connectivity index (χ2v) is 6.81. The van der Waals surface area contributed by atoms with Crippen LogP contribution >= 0.6 is 0 Å². The van der Waals surface area contributed by atoms with Crippen molar-refractivity contribution in [2.75, 3.05) is 21.3 Å². The van der Waals surface area contributed by atoms with Crippen LogP contribution in [-0.4, -0.2) is 30.1 Å². The van der Waals surface area contributed by atoms with Crippen molar-refractivity contribution in [3.63, 3.8) is 0 Å². The maximum absolute atomic E-state index is 5.42. The highest BCUT2D eigenvalue weighted by Gasteiger charge is 2.48. The van der Waals surface area contributed by atoms with Gasteiger partial charge in [-0.1, -0.05) is 25.3 Å². The van der Waals surface area contributed by atoms with Gasteiger partial charge < -0.3 is 27.5 Å². The fourth-order valence-electron chi connectivity index (χ4n) is 2.13. The molecule has 1 aromatic rings. The zero-order chi connectivity index (χ0) is 18.0. The molecule has 1 rings (SSSR count). The second kappa shape index (κ2) is 9.15. The molecule has 0 aliphatic heterocycles. The molecule has 0 radical (unpaired) electrons. The van der Waals surface area contributed by atoms with Crippen molar-refractivity contribution in [1.82, 2.24) is 0 Å². The SMILES string of the molecule is C#CO[Si](CCc1ccc(OC)c(OC)c1OC)(OC#C)OC#C. The van der Waals surface area contributed by atoms with E-state index >= 15 is 0 Å². The summed E-state index contributed by atoms with van der Waals surface area (Å²) in [4.78, 5) is 0. The minimum Gasteiger partial charge on any atom is -0.493 e. The molecule has 0 N–H and O–H groups in total. The maximum Gasteiger partial charge on any atom is 0.725 e. The van der Waals surface area contributed by atoms with Gasteiger partial charge in [-0.2, -0.15) is 0 Å². The molecule has 1 aromatic carbocycles. The third-order valence-electron chi connectivity index (χ3n) is 3.13. The Balaban J connectivity index is 3.14. The van der Waals surface area contributed by atoms with Crippen LogP contribution in [0.15, 0.2) is 12.1 Å². The first kappa shape index (κ1) is 19.0.